The molecule has 0 radical (unpaired) electrons. The number of benzene rings is 1. The molecule has 220 valence electrons. The second kappa shape index (κ2) is 13.2. The highest BCUT2D eigenvalue weighted by Gasteiger charge is 2.49. The molecule has 40 heavy (non-hydrogen) atoms. The number of ether oxygens (including phenoxy) is 2. The first-order valence-corrected chi connectivity index (χ1v) is 15.4. The van der Waals surface area contributed by atoms with E-state index in [0.29, 0.717) is 43.0 Å². The van der Waals surface area contributed by atoms with E-state index < -0.39 is 6.09 Å². The highest BCUT2D eigenvalue weighted by Crippen LogP contribution is 2.51. The number of nitrogens with zero attached hydrogens (tertiary/aromatic N) is 3. The molecule has 1 aromatic rings. The van der Waals surface area contributed by atoms with E-state index in [-0.39, 0.29) is 18.6 Å². The first kappa shape index (κ1) is 28.7. The Morgan fingerprint density at radius 1 is 0.950 bits per heavy atom. The molecule has 3 amide bonds. The Balaban J connectivity index is 0.988. The Morgan fingerprint density at radius 2 is 1.68 bits per heavy atom. The van der Waals surface area contributed by atoms with Crippen LogP contribution >= 0.6 is 0 Å². The molecule has 9 nitrogen and oxygen atoms in total. The number of amides is 3. The Hall–Kier alpha value is -2.81. The van der Waals surface area contributed by atoms with Gasteiger partial charge in [0.05, 0.1) is 6.61 Å². The summed E-state index contributed by atoms with van der Waals surface area (Å²) in [5, 5.41) is 2.73. The van der Waals surface area contributed by atoms with Crippen molar-refractivity contribution < 1.29 is 23.9 Å². The van der Waals surface area contributed by atoms with E-state index in [1.165, 1.54) is 12.8 Å². The van der Waals surface area contributed by atoms with E-state index in [4.69, 9.17) is 9.47 Å². The van der Waals surface area contributed by atoms with Gasteiger partial charge in [-0.25, -0.2) is 9.59 Å². The number of hydrogen-bond donors (Lipinski definition) is 1. The molecule has 1 atom stereocenters. The number of piperidine rings is 2. The van der Waals surface area contributed by atoms with Crippen molar-refractivity contribution in [2.75, 3.05) is 45.9 Å². The maximum absolute atomic E-state index is 13.1. The van der Waals surface area contributed by atoms with Crippen LogP contribution in [0.5, 0.6) is 0 Å². The average molecular weight is 555 g/mol. The van der Waals surface area contributed by atoms with Gasteiger partial charge in [0.25, 0.3) is 0 Å². The normalized spacial score (nSPS) is 23.6. The van der Waals surface area contributed by atoms with Crippen LogP contribution in [-0.4, -0.2) is 90.8 Å². The first-order chi connectivity index (χ1) is 19.5. The van der Waals surface area contributed by atoms with Gasteiger partial charge in [-0.15, -0.1) is 0 Å². The third-order valence-electron chi connectivity index (χ3n) is 9.76. The molecule has 1 spiro atoms. The molecule has 9 heteroatoms. The summed E-state index contributed by atoms with van der Waals surface area (Å²) in [4.78, 5) is 43.8. The summed E-state index contributed by atoms with van der Waals surface area (Å²) < 4.78 is 10.4. The standard InChI is InChI=1S/C31H46N4O5/c1-2-39-30(38)34-19-13-31(14-20-34)21-26(22-31)33-17-11-25(12-18-33)27-9-6-16-35(27)28(36)10-15-32-29(37)40-23-24-7-4-3-5-8-24/h3-5,7-8,25-27H,2,6,9-23H2,1H3,(H,32,37). The summed E-state index contributed by atoms with van der Waals surface area (Å²) in [5.74, 6) is 0.705. The molecule has 4 aliphatic rings. The van der Waals surface area contributed by atoms with Crippen LogP contribution in [0, 0.1) is 11.3 Å². The largest absolute Gasteiger partial charge is 0.450 e. The molecule has 0 aromatic heterocycles. The zero-order valence-corrected chi connectivity index (χ0v) is 24.0. The van der Waals surface area contributed by atoms with Crippen LogP contribution < -0.4 is 5.32 Å². The predicted octanol–water partition coefficient (Wildman–Crippen LogP) is 4.41. The minimum absolute atomic E-state index is 0.142. The topological polar surface area (TPSA) is 91.4 Å². The number of likely N-dealkylation sites (tertiary alicyclic amines) is 3. The van der Waals surface area contributed by atoms with Gasteiger partial charge in [0.15, 0.2) is 0 Å². The fraction of sp³-hybridized carbons (Fsp3) is 0.710. The van der Waals surface area contributed by atoms with Crippen molar-refractivity contribution >= 4 is 18.1 Å². The van der Waals surface area contributed by atoms with Crippen molar-refractivity contribution in [3.05, 3.63) is 35.9 Å². The van der Waals surface area contributed by atoms with Crippen molar-refractivity contribution in [2.45, 2.75) is 83.4 Å². The molecule has 4 fully saturated rings. The lowest BCUT2D eigenvalue weighted by Crippen LogP contribution is -2.57. The van der Waals surface area contributed by atoms with Crippen LogP contribution in [0.4, 0.5) is 9.59 Å². The van der Waals surface area contributed by atoms with Crippen molar-refractivity contribution in [1.82, 2.24) is 20.0 Å². The van der Waals surface area contributed by atoms with Gasteiger partial charge in [-0.2, -0.15) is 0 Å². The summed E-state index contributed by atoms with van der Waals surface area (Å²) in [7, 11) is 0. The molecule has 1 N–H and O–H groups in total. The Labute approximate surface area is 238 Å². The molecule has 1 aromatic carbocycles. The fourth-order valence-electron chi connectivity index (χ4n) is 7.44. The van der Waals surface area contributed by atoms with E-state index >= 15 is 0 Å². The third-order valence-corrected chi connectivity index (χ3v) is 9.76. The van der Waals surface area contributed by atoms with Crippen molar-refractivity contribution in [3.8, 4) is 0 Å². The third kappa shape index (κ3) is 6.90. The molecule has 0 bridgehead atoms. The minimum Gasteiger partial charge on any atom is -0.450 e. The smallest absolute Gasteiger partial charge is 0.409 e. The van der Waals surface area contributed by atoms with Crippen LogP contribution in [-0.2, 0) is 20.9 Å². The van der Waals surface area contributed by atoms with Crippen LogP contribution in [0.2, 0.25) is 0 Å². The van der Waals surface area contributed by atoms with Gasteiger partial charge in [-0.3, -0.25) is 4.79 Å². The lowest BCUT2D eigenvalue weighted by Gasteiger charge is -2.56. The summed E-state index contributed by atoms with van der Waals surface area (Å²) in [6.45, 7) is 7.54. The number of hydrogen-bond acceptors (Lipinski definition) is 6. The first-order valence-electron chi connectivity index (χ1n) is 15.4. The van der Waals surface area contributed by atoms with Gasteiger partial charge in [0, 0.05) is 44.7 Å². The fourth-order valence-corrected chi connectivity index (χ4v) is 7.44. The minimum atomic E-state index is -0.482. The van der Waals surface area contributed by atoms with E-state index in [1.54, 1.807) is 0 Å². The monoisotopic (exact) mass is 554 g/mol. The highest BCUT2D eigenvalue weighted by atomic mass is 16.6. The van der Waals surface area contributed by atoms with Gasteiger partial charge >= 0.3 is 12.2 Å². The van der Waals surface area contributed by atoms with Gasteiger partial charge in [0.1, 0.15) is 6.61 Å². The highest BCUT2D eigenvalue weighted by molar-refractivity contribution is 5.78. The summed E-state index contributed by atoms with van der Waals surface area (Å²) in [6.07, 6.45) is 8.83. The van der Waals surface area contributed by atoms with E-state index in [9.17, 15) is 14.4 Å². The van der Waals surface area contributed by atoms with E-state index in [2.05, 4.69) is 15.1 Å². The van der Waals surface area contributed by atoms with E-state index in [0.717, 1.165) is 76.8 Å². The summed E-state index contributed by atoms with van der Waals surface area (Å²) in [6, 6.07) is 10.6. The number of nitrogens with one attached hydrogen (secondary N) is 1. The van der Waals surface area contributed by atoms with Crippen molar-refractivity contribution in [3.63, 3.8) is 0 Å². The molecule has 3 saturated heterocycles. The predicted molar refractivity (Wildman–Crippen MR) is 152 cm³/mol. The second-order valence-electron chi connectivity index (χ2n) is 12.2. The Morgan fingerprint density at radius 3 is 2.38 bits per heavy atom. The second-order valence-corrected chi connectivity index (χ2v) is 12.2. The molecular weight excluding hydrogens is 508 g/mol. The van der Waals surface area contributed by atoms with Crippen molar-refractivity contribution in [2.24, 2.45) is 11.3 Å². The van der Waals surface area contributed by atoms with E-state index in [1.807, 2.05) is 42.2 Å². The number of carbonyl (C=O) groups is 3. The lowest BCUT2D eigenvalue weighted by molar-refractivity contribution is -0.133. The molecule has 3 aliphatic heterocycles. The molecule has 5 rings (SSSR count). The Bertz CT molecular complexity index is 996. The maximum Gasteiger partial charge on any atom is 0.409 e. The van der Waals surface area contributed by atoms with Crippen LogP contribution in [0.1, 0.15) is 70.3 Å². The summed E-state index contributed by atoms with van der Waals surface area (Å²) >= 11 is 0. The van der Waals surface area contributed by atoms with Crippen LogP contribution in [0.25, 0.3) is 0 Å². The quantitative estimate of drug-likeness (QED) is 0.512. The molecule has 1 saturated carbocycles. The Kier molecular flexibility index (Phi) is 9.50. The zero-order chi connectivity index (χ0) is 28.0. The SMILES string of the molecule is CCOC(=O)N1CCC2(CC1)CC(N1CCC(C3CCCN3C(=O)CCNC(=O)OCc3ccccc3)CC1)C2. The molecule has 1 aliphatic carbocycles. The zero-order valence-electron chi connectivity index (χ0n) is 24.0. The van der Waals surface area contributed by atoms with Crippen LogP contribution in [0.3, 0.4) is 0 Å². The lowest BCUT2D eigenvalue weighted by atomic mass is 9.59. The van der Waals surface area contributed by atoms with Gasteiger partial charge in [-0.1, -0.05) is 30.3 Å². The number of rotatable bonds is 8. The molecule has 3 heterocycles. The maximum atomic E-state index is 13.1. The summed E-state index contributed by atoms with van der Waals surface area (Å²) in [5.41, 5.74) is 1.36. The molecular formula is C31H46N4O5. The average Bonchev–Trinajstić information content (AvgIpc) is 3.46. The molecule has 1 unspecified atom stereocenters. The number of carbonyl (C=O) groups excluding carboxylic acids is 3. The number of alkyl carbamates (subject to hydrolysis) is 1. The van der Waals surface area contributed by atoms with Gasteiger partial charge in [-0.05, 0) is 88.3 Å². The van der Waals surface area contributed by atoms with Gasteiger partial charge in [0.2, 0.25) is 5.91 Å². The van der Waals surface area contributed by atoms with Crippen LogP contribution in [0.15, 0.2) is 30.3 Å². The van der Waals surface area contributed by atoms with Gasteiger partial charge < -0.3 is 29.5 Å². The van der Waals surface area contributed by atoms with Crippen molar-refractivity contribution in [1.29, 1.82) is 0 Å².